The lowest BCUT2D eigenvalue weighted by atomic mass is 10.6. The Morgan fingerprint density at radius 2 is 1.17 bits per heavy atom. The van der Waals surface area contributed by atoms with Crippen LogP contribution < -0.4 is 0 Å². The van der Waals surface area contributed by atoms with Gasteiger partial charge in [0.2, 0.25) is 0 Å². The lowest BCUT2D eigenvalue weighted by Crippen LogP contribution is -2.45. The molecule has 0 aliphatic rings. The van der Waals surface area contributed by atoms with Crippen molar-refractivity contribution in [3.05, 3.63) is 0 Å². The van der Waals surface area contributed by atoms with Crippen molar-refractivity contribution in [3.8, 4) is 0 Å². The van der Waals surface area contributed by atoms with Gasteiger partial charge in [-0.15, -0.1) is 0 Å². The zero-order chi connectivity index (χ0) is 15.4. The molecule has 0 saturated carbocycles. The third-order valence-electron chi connectivity index (χ3n) is 0.763. The molecule has 14 heteroatoms. The van der Waals surface area contributed by atoms with Gasteiger partial charge in [-0.3, -0.25) is 0 Å². The van der Waals surface area contributed by atoms with Gasteiger partial charge < -0.3 is 0 Å². The predicted octanol–water partition coefficient (Wildman–Crippen LogP) is 2.89. The van der Waals surface area contributed by atoms with Gasteiger partial charge in [0.1, 0.15) is 0 Å². The smallest absolute Gasteiger partial charge is 0.246 e. The predicted molar refractivity (Wildman–Crippen MR) is 34.1 cm³/mol. The van der Waals surface area contributed by atoms with Gasteiger partial charge in [-0.2, -0.15) is 39.2 Å². The minimum absolute atomic E-state index is 1.97. The maximum Gasteiger partial charge on any atom is 0.483 e. The number of ether oxygens (including phenoxy) is 1. The maximum atomic E-state index is 11.6. The van der Waals surface area contributed by atoms with E-state index < -0.39 is 35.7 Å². The molecule has 18 heavy (non-hydrogen) atoms. The van der Waals surface area contributed by atoms with E-state index in [1.54, 1.807) is 0 Å². The van der Waals surface area contributed by atoms with E-state index in [0.29, 0.717) is 0 Å². The van der Waals surface area contributed by atoms with Crippen molar-refractivity contribution >= 4 is 10.6 Å². The molecule has 0 rings (SSSR count). The number of hydrogen-bond donors (Lipinski definition) is 0. The minimum Gasteiger partial charge on any atom is -0.246 e. The van der Waals surface area contributed by atoms with Crippen LogP contribution in [0.1, 0.15) is 0 Å². The summed E-state index contributed by atoms with van der Waals surface area (Å²) in [5, 5.41) is 0. The van der Waals surface area contributed by atoms with Crippen molar-refractivity contribution in [1.29, 1.82) is 0 Å². The van der Waals surface area contributed by atoms with E-state index in [2.05, 4.69) is 0 Å². The third-order valence-corrected chi connectivity index (χ3v) is 0.763. The summed E-state index contributed by atoms with van der Waals surface area (Å²) in [7, 11) is -5.67. The van der Waals surface area contributed by atoms with E-state index in [4.69, 9.17) is 8.42 Å². The average Bonchev–Trinajstić information content (AvgIpc) is 1.96. The first-order valence-electron chi connectivity index (χ1n) is 3.24. The summed E-state index contributed by atoms with van der Waals surface area (Å²) in [6.07, 6.45) is -17.5. The lowest BCUT2D eigenvalue weighted by molar-refractivity contribution is -0.457. The monoisotopic (exact) mass is 320 g/mol. The highest BCUT2D eigenvalue weighted by Gasteiger charge is 2.63. The summed E-state index contributed by atoms with van der Waals surface area (Å²) in [4.78, 5) is 0. The number of rotatable bonds is 3. The van der Waals surface area contributed by atoms with E-state index in [-0.39, 0.29) is 0 Å². The van der Waals surface area contributed by atoms with Crippen molar-refractivity contribution in [2.24, 2.45) is 0 Å². The molecular weight excluding hydrogens is 318 g/mol. The van der Waals surface area contributed by atoms with Gasteiger partial charge in [0.15, 0.2) is 6.67 Å². The van der Waals surface area contributed by atoms with Gasteiger partial charge in [-0.25, -0.2) is 9.13 Å². The summed E-state index contributed by atoms with van der Waals surface area (Å²) in [6.45, 7) is -2.77. The molecule has 0 unspecified atom stereocenters. The van der Waals surface area contributed by atoms with Crippen LogP contribution in [0.2, 0.25) is 0 Å². The molecule has 0 amide bonds. The molecular formula is C4H2F10O3S. The molecule has 0 bridgehead atoms. The van der Waals surface area contributed by atoms with Gasteiger partial charge in [0.25, 0.3) is 0 Å². The Morgan fingerprint density at radius 1 is 0.889 bits per heavy atom. The Kier molecular flexibility index (Phi) is 6.41. The van der Waals surface area contributed by atoms with Crippen LogP contribution in [-0.2, 0) is 15.3 Å². The topological polar surface area (TPSA) is 43.4 Å². The average molecular weight is 320 g/mol. The normalized spacial score (nSPS) is 13.9. The fourth-order valence-corrected chi connectivity index (χ4v) is 0.273. The number of alkyl halides is 8. The molecule has 0 aromatic heterocycles. The SMILES string of the molecule is FCC(F)(F)OC(F)(F)C(F)(F)F.O=S(=O)(F)F. The molecule has 0 aromatic carbocycles. The Bertz CT molecular complexity index is 337. The second-order valence-corrected chi connectivity index (χ2v) is 3.02. The van der Waals surface area contributed by atoms with Gasteiger partial charge in [0.05, 0.1) is 0 Å². The van der Waals surface area contributed by atoms with Crippen LogP contribution in [0.4, 0.5) is 42.9 Å². The van der Waals surface area contributed by atoms with Crippen molar-refractivity contribution in [3.63, 3.8) is 0 Å². The molecule has 0 atom stereocenters. The fourth-order valence-electron chi connectivity index (χ4n) is 0.273. The van der Waals surface area contributed by atoms with Gasteiger partial charge in [0, 0.05) is 0 Å². The van der Waals surface area contributed by atoms with E-state index in [0.717, 1.165) is 0 Å². The molecule has 0 saturated heterocycles. The van der Waals surface area contributed by atoms with Crippen LogP contribution in [-0.4, -0.2) is 33.5 Å². The molecule has 0 aliphatic heterocycles. The second-order valence-electron chi connectivity index (χ2n) is 2.27. The van der Waals surface area contributed by atoms with Crippen molar-refractivity contribution in [2.45, 2.75) is 18.4 Å². The molecule has 0 radical (unpaired) electrons. The zero-order valence-corrected chi connectivity index (χ0v) is 8.44. The van der Waals surface area contributed by atoms with Crippen molar-refractivity contribution in [1.82, 2.24) is 0 Å². The highest BCUT2D eigenvalue weighted by molar-refractivity contribution is 7.81. The summed E-state index contributed by atoms with van der Waals surface area (Å²) in [5.74, 6) is 0. The zero-order valence-electron chi connectivity index (χ0n) is 7.62. The Hall–Kier alpha value is -0.790. The largest absolute Gasteiger partial charge is 0.483 e. The van der Waals surface area contributed by atoms with Crippen LogP contribution in [0.3, 0.4) is 0 Å². The van der Waals surface area contributed by atoms with Gasteiger partial charge in [-0.1, -0.05) is 7.77 Å². The summed E-state index contributed by atoms with van der Waals surface area (Å²) in [6, 6.07) is 0. The first kappa shape index (κ1) is 19.5. The summed E-state index contributed by atoms with van der Waals surface area (Å²) < 4.78 is 130. The van der Waals surface area contributed by atoms with Gasteiger partial charge >= 0.3 is 29.0 Å². The molecule has 0 heterocycles. The molecule has 0 aliphatic carbocycles. The standard InChI is InChI=1S/C4H2F8O.F2O2S/c5-1-2(6,7)13-4(11,12)3(8,9)10;1-5(2,3)4/h1H2;. The second kappa shape index (κ2) is 5.90. The Balaban J connectivity index is 0. The van der Waals surface area contributed by atoms with Crippen molar-refractivity contribution in [2.75, 3.05) is 6.67 Å². The molecule has 0 fully saturated rings. The van der Waals surface area contributed by atoms with Crippen LogP contribution in [0.15, 0.2) is 0 Å². The quantitative estimate of drug-likeness (QED) is 0.593. The molecule has 3 nitrogen and oxygen atoms in total. The molecule has 0 N–H and O–H groups in total. The van der Waals surface area contributed by atoms with E-state index in [1.165, 1.54) is 0 Å². The highest BCUT2D eigenvalue weighted by Crippen LogP contribution is 2.40. The molecule has 112 valence electrons. The third kappa shape index (κ3) is 10.4. The van der Waals surface area contributed by atoms with E-state index >= 15 is 0 Å². The first-order chi connectivity index (χ1) is 7.52. The fraction of sp³-hybridized carbons (Fsp3) is 1.00. The minimum atomic E-state index is -6.30. The van der Waals surface area contributed by atoms with Crippen LogP contribution in [0.25, 0.3) is 0 Å². The summed E-state index contributed by atoms with van der Waals surface area (Å²) >= 11 is 0. The Labute approximate surface area is 92.8 Å². The highest BCUT2D eigenvalue weighted by atomic mass is 32.3. The van der Waals surface area contributed by atoms with Crippen LogP contribution in [0.5, 0.6) is 0 Å². The van der Waals surface area contributed by atoms with E-state index in [9.17, 15) is 42.9 Å². The van der Waals surface area contributed by atoms with Crippen LogP contribution in [0, 0.1) is 0 Å². The molecule has 0 spiro atoms. The van der Waals surface area contributed by atoms with Crippen LogP contribution >= 0.6 is 0 Å². The number of halogens is 10. The maximum absolute atomic E-state index is 11.6. The summed E-state index contributed by atoms with van der Waals surface area (Å²) in [5.41, 5.74) is 0. The van der Waals surface area contributed by atoms with Gasteiger partial charge in [-0.05, 0) is 0 Å². The van der Waals surface area contributed by atoms with E-state index in [1.807, 2.05) is 4.74 Å². The molecule has 0 aromatic rings. The first-order valence-corrected chi connectivity index (χ1v) is 4.53. The Morgan fingerprint density at radius 3 is 1.33 bits per heavy atom. The van der Waals surface area contributed by atoms with Crippen molar-refractivity contribution < 1.29 is 56.0 Å². The lowest BCUT2D eigenvalue weighted by Gasteiger charge is -2.23. The number of hydrogen-bond acceptors (Lipinski definition) is 3.